The van der Waals surface area contributed by atoms with Crippen molar-refractivity contribution in [2.75, 3.05) is 0 Å². The second-order valence-corrected chi connectivity index (χ2v) is 5.59. The topological polar surface area (TPSA) is 20.2 Å². The molecule has 78 valence electrons. The minimum atomic E-state index is -1.85. The van der Waals surface area contributed by atoms with Gasteiger partial charge in [0.2, 0.25) is 0 Å². The predicted octanol–water partition coefficient (Wildman–Crippen LogP) is 4.26. The Morgan fingerprint density at radius 3 is 2.57 bits per heavy atom. The summed E-state index contributed by atoms with van der Waals surface area (Å²) in [5.74, 6) is 0. The predicted molar refractivity (Wildman–Crippen MR) is 64.9 cm³/mol. The van der Waals surface area contributed by atoms with Crippen molar-refractivity contribution in [2.24, 2.45) is 0 Å². The maximum Gasteiger partial charge on any atom is 0.282 e. The molecule has 0 saturated heterocycles. The standard InChI is InChI=1S/C8H6BrF2IOS/c1-8(13,5(12)7(10)11)6-4(9)2-3-14-6/h2-3,13H,1H3. The van der Waals surface area contributed by atoms with Gasteiger partial charge in [0.25, 0.3) is 6.08 Å². The molecular formula is C8H6BrF2IOS. The maximum absolute atomic E-state index is 12.3. The summed E-state index contributed by atoms with van der Waals surface area (Å²) in [5.41, 5.74) is -1.62. The monoisotopic (exact) mass is 394 g/mol. The van der Waals surface area contributed by atoms with Crippen LogP contribution in [0.2, 0.25) is 0 Å². The smallest absolute Gasteiger partial charge is 0.282 e. The fraction of sp³-hybridized carbons (Fsp3) is 0.250. The molecule has 1 nitrogen and oxygen atoms in total. The van der Waals surface area contributed by atoms with Crippen molar-refractivity contribution in [2.45, 2.75) is 12.5 Å². The highest BCUT2D eigenvalue weighted by atomic mass is 127. The Kier molecular flexibility index (Phi) is 4.07. The Balaban J connectivity index is 3.22. The van der Waals surface area contributed by atoms with Crippen LogP contribution in [0.3, 0.4) is 0 Å². The number of halogens is 4. The second kappa shape index (κ2) is 4.54. The summed E-state index contributed by atoms with van der Waals surface area (Å²) in [6.45, 7) is 1.35. The number of hydrogen-bond donors (Lipinski definition) is 1. The maximum atomic E-state index is 12.3. The van der Waals surface area contributed by atoms with E-state index in [-0.39, 0.29) is 3.58 Å². The SMILES string of the molecule is CC(O)(C(I)=C(F)F)c1sccc1Br. The van der Waals surface area contributed by atoms with Crippen LogP contribution < -0.4 is 0 Å². The van der Waals surface area contributed by atoms with Crippen molar-refractivity contribution in [1.82, 2.24) is 0 Å². The number of aliphatic hydroxyl groups is 1. The highest BCUT2D eigenvalue weighted by molar-refractivity contribution is 14.1. The fourth-order valence-corrected chi connectivity index (χ4v) is 3.20. The van der Waals surface area contributed by atoms with Crippen molar-refractivity contribution in [3.8, 4) is 0 Å². The molecule has 1 rings (SSSR count). The van der Waals surface area contributed by atoms with Crippen LogP contribution in [0.4, 0.5) is 8.78 Å². The first-order valence-corrected chi connectivity index (χ1v) is 6.29. The zero-order chi connectivity index (χ0) is 10.9. The third-order valence-electron chi connectivity index (χ3n) is 1.65. The molecule has 0 fully saturated rings. The molecule has 0 aliphatic carbocycles. The zero-order valence-electron chi connectivity index (χ0n) is 7.02. The van der Waals surface area contributed by atoms with Crippen LogP contribution in [0.5, 0.6) is 0 Å². The van der Waals surface area contributed by atoms with E-state index in [0.29, 0.717) is 9.35 Å². The molecule has 1 aromatic rings. The van der Waals surface area contributed by atoms with Crippen LogP contribution in [0.25, 0.3) is 0 Å². The third-order valence-corrected chi connectivity index (χ3v) is 5.16. The summed E-state index contributed by atoms with van der Waals surface area (Å²) in [6, 6.07) is 1.72. The summed E-state index contributed by atoms with van der Waals surface area (Å²) in [7, 11) is 0. The van der Waals surface area contributed by atoms with Gasteiger partial charge in [-0.2, -0.15) is 8.78 Å². The van der Waals surface area contributed by atoms with Gasteiger partial charge in [-0.25, -0.2) is 0 Å². The minimum absolute atomic E-state index is 0.349. The van der Waals surface area contributed by atoms with E-state index in [1.807, 2.05) is 0 Å². The van der Waals surface area contributed by atoms with Gasteiger partial charge in [0.15, 0.2) is 0 Å². The Morgan fingerprint density at radius 2 is 2.21 bits per heavy atom. The molecule has 0 radical (unpaired) electrons. The van der Waals surface area contributed by atoms with Crippen LogP contribution in [0.1, 0.15) is 11.8 Å². The van der Waals surface area contributed by atoms with E-state index in [2.05, 4.69) is 15.9 Å². The van der Waals surface area contributed by atoms with Crippen LogP contribution in [0.15, 0.2) is 25.6 Å². The molecule has 1 heterocycles. The summed E-state index contributed by atoms with van der Waals surface area (Å²) >= 11 is 5.89. The lowest BCUT2D eigenvalue weighted by molar-refractivity contribution is 0.106. The molecule has 0 spiro atoms. The Labute approximate surface area is 106 Å². The molecule has 1 unspecified atom stereocenters. The van der Waals surface area contributed by atoms with Crippen molar-refractivity contribution < 1.29 is 13.9 Å². The quantitative estimate of drug-likeness (QED) is 0.743. The number of thiophene rings is 1. The second-order valence-electron chi connectivity index (χ2n) is 2.74. The van der Waals surface area contributed by atoms with Gasteiger partial charge in [0.1, 0.15) is 5.60 Å². The van der Waals surface area contributed by atoms with Crippen LogP contribution in [-0.2, 0) is 5.60 Å². The lowest BCUT2D eigenvalue weighted by atomic mass is 10.1. The Bertz CT molecular complexity index is 371. The molecule has 1 aromatic heterocycles. The highest BCUT2D eigenvalue weighted by Crippen LogP contribution is 2.42. The van der Waals surface area contributed by atoms with Crippen molar-refractivity contribution in [3.05, 3.63) is 30.5 Å². The first kappa shape index (κ1) is 12.5. The molecule has 1 atom stereocenters. The molecule has 6 heteroatoms. The summed E-state index contributed by atoms with van der Waals surface area (Å²) < 4.78 is 25.0. The first-order chi connectivity index (χ1) is 6.37. The number of hydrogen-bond acceptors (Lipinski definition) is 2. The Morgan fingerprint density at radius 1 is 1.64 bits per heavy atom. The summed E-state index contributed by atoms with van der Waals surface area (Å²) in [4.78, 5) is 0.481. The van der Waals surface area contributed by atoms with E-state index in [1.54, 1.807) is 11.4 Å². The molecular weight excluding hydrogens is 389 g/mol. The summed E-state index contributed by atoms with van der Waals surface area (Å²) in [6.07, 6.45) is -1.85. The van der Waals surface area contributed by atoms with E-state index in [0.717, 1.165) is 0 Å². The molecule has 1 N–H and O–H groups in total. The van der Waals surface area contributed by atoms with E-state index >= 15 is 0 Å². The molecule has 0 aliphatic rings. The van der Waals surface area contributed by atoms with Gasteiger partial charge < -0.3 is 5.11 Å². The van der Waals surface area contributed by atoms with Gasteiger partial charge in [-0.3, -0.25) is 0 Å². The van der Waals surface area contributed by atoms with Crippen LogP contribution >= 0.6 is 49.9 Å². The highest BCUT2D eigenvalue weighted by Gasteiger charge is 2.33. The molecule has 0 amide bonds. The third kappa shape index (κ3) is 2.34. The molecule has 14 heavy (non-hydrogen) atoms. The van der Waals surface area contributed by atoms with Gasteiger partial charge in [0.05, 0.1) is 8.46 Å². The molecule has 0 aliphatic heterocycles. The average molecular weight is 395 g/mol. The zero-order valence-corrected chi connectivity index (χ0v) is 11.6. The van der Waals surface area contributed by atoms with E-state index in [9.17, 15) is 13.9 Å². The van der Waals surface area contributed by atoms with Gasteiger partial charge in [-0.15, -0.1) is 11.3 Å². The lowest BCUT2D eigenvalue weighted by Crippen LogP contribution is -2.20. The van der Waals surface area contributed by atoms with Crippen molar-refractivity contribution >= 4 is 49.9 Å². The van der Waals surface area contributed by atoms with E-state index in [1.165, 1.54) is 40.9 Å². The van der Waals surface area contributed by atoms with Crippen molar-refractivity contribution in [1.29, 1.82) is 0 Å². The van der Waals surface area contributed by atoms with Crippen LogP contribution in [0, 0.1) is 0 Å². The average Bonchev–Trinajstić information content (AvgIpc) is 2.50. The normalized spacial score (nSPS) is 15.0. The van der Waals surface area contributed by atoms with Crippen LogP contribution in [-0.4, -0.2) is 5.11 Å². The first-order valence-electron chi connectivity index (χ1n) is 3.54. The van der Waals surface area contributed by atoms with Gasteiger partial charge in [0, 0.05) is 4.47 Å². The van der Waals surface area contributed by atoms with E-state index in [4.69, 9.17) is 0 Å². The largest absolute Gasteiger partial charge is 0.379 e. The molecule has 0 saturated carbocycles. The van der Waals surface area contributed by atoms with Gasteiger partial charge in [-0.1, -0.05) is 0 Å². The Hall–Kier alpha value is 0.470. The minimum Gasteiger partial charge on any atom is -0.379 e. The molecule has 0 aromatic carbocycles. The fourth-order valence-electron chi connectivity index (χ4n) is 0.925. The van der Waals surface area contributed by atoms with Crippen molar-refractivity contribution in [3.63, 3.8) is 0 Å². The lowest BCUT2D eigenvalue weighted by Gasteiger charge is -2.21. The van der Waals surface area contributed by atoms with Gasteiger partial charge in [-0.05, 0) is 56.9 Å². The number of rotatable bonds is 2. The molecule has 0 bridgehead atoms. The van der Waals surface area contributed by atoms with Gasteiger partial charge >= 0.3 is 0 Å². The summed E-state index contributed by atoms with van der Waals surface area (Å²) in [5, 5.41) is 11.7. The van der Waals surface area contributed by atoms with E-state index < -0.39 is 11.7 Å².